The minimum Gasteiger partial charge on any atom is -0.307 e. The van der Waals surface area contributed by atoms with Gasteiger partial charge in [-0.25, -0.2) is 0 Å². The van der Waals surface area contributed by atoms with E-state index in [4.69, 9.17) is 9.47 Å². The van der Waals surface area contributed by atoms with Crippen molar-refractivity contribution in [1.29, 1.82) is 0 Å². The van der Waals surface area contributed by atoms with Crippen molar-refractivity contribution in [2.24, 2.45) is 0 Å². The predicted octanol–water partition coefficient (Wildman–Crippen LogP) is 1.44. The number of hydrogen-bond acceptors (Lipinski definition) is 2. The minimum absolute atomic E-state index is 0.524. The lowest BCUT2D eigenvalue weighted by Crippen LogP contribution is -2.62. The summed E-state index contributed by atoms with van der Waals surface area (Å²) in [6, 6.07) is 0. The summed E-state index contributed by atoms with van der Waals surface area (Å²) < 4.78 is 11.5. The predicted molar refractivity (Wildman–Crippen MR) is 49.7 cm³/mol. The molecule has 0 aromatic heterocycles. The molecule has 0 atom stereocenters. The van der Waals surface area contributed by atoms with E-state index in [1.807, 2.05) is 6.92 Å². The molecule has 0 aliphatic rings. The largest absolute Gasteiger partial charge is 0.315 e. The zero-order valence-electron chi connectivity index (χ0n) is 9.18. The quantitative estimate of drug-likeness (QED) is 0.466. The monoisotopic (exact) mass is 176 g/mol. The molecule has 74 valence electrons. The first kappa shape index (κ1) is 11.9. The van der Waals surface area contributed by atoms with Gasteiger partial charge in [0.15, 0.2) is 0 Å². The van der Waals surface area contributed by atoms with E-state index < -0.39 is 5.91 Å². The number of quaternary nitrogens is 1. The summed E-state index contributed by atoms with van der Waals surface area (Å²) >= 11 is 0. The standard InChI is InChI=1S/C9H22NO2/c1-7-10(4,8-2)9(3,11-5)12-6/h7-8H2,1-6H3/q+1. The molecular formula is C9H22NO2+. The Hall–Kier alpha value is -0.120. The van der Waals surface area contributed by atoms with Crippen LogP contribution >= 0.6 is 0 Å². The van der Waals surface area contributed by atoms with Crippen molar-refractivity contribution in [3.8, 4) is 0 Å². The minimum atomic E-state index is -0.524. The van der Waals surface area contributed by atoms with Gasteiger partial charge in [0.05, 0.1) is 20.1 Å². The lowest BCUT2D eigenvalue weighted by Gasteiger charge is -2.44. The first-order chi connectivity index (χ1) is 5.49. The van der Waals surface area contributed by atoms with Crippen LogP contribution in [0, 0.1) is 0 Å². The molecule has 3 nitrogen and oxygen atoms in total. The van der Waals surface area contributed by atoms with E-state index in [1.54, 1.807) is 14.2 Å². The van der Waals surface area contributed by atoms with Crippen LogP contribution in [0.4, 0.5) is 0 Å². The molecule has 0 aromatic rings. The van der Waals surface area contributed by atoms with Gasteiger partial charge in [-0.05, 0) is 13.8 Å². The highest BCUT2D eigenvalue weighted by Crippen LogP contribution is 2.23. The third kappa shape index (κ3) is 1.79. The summed E-state index contributed by atoms with van der Waals surface area (Å²) in [4.78, 5) is 0. The number of nitrogens with zero attached hydrogens (tertiary/aromatic N) is 1. The van der Waals surface area contributed by atoms with Gasteiger partial charge in [0.2, 0.25) is 0 Å². The van der Waals surface area contributed by atoms with Crippen LogP contribution in [0.3, 0.4) is 0 Å². The van der Waals surface area contributed by atoms with Crippen molar-refractivity contribution in [2.75, 3.05) is 34.4 Å². The molecule has 0 N–H and O–H groups in total. The van der Waals surface area contributed by atoms with Gasteiger partial charge in [0.25, 0.3) is 0 Å². The van der Waals surface area contributed by atoms with Gasteiger partial charge < -0.3 is 9.47 Å². The van der Waals surface area contributed by atoms with E-state index in [0.717, 1.165) is 17.6 Å². The molecule has 0 bridgehead atoms. The molecule has 0 aliphatic carbocycles. The molecule has 0 fully saturated rings. The fourth-order valence-electron chi connectivity index (χ4n) is 1.32. The molecule has 0 amide bonds. The average molecular weight is 176 g/mol. The van der Waals surface area contributed by atoms with Crippen molar-refractivity contribution in [3.05, 3.63) is 0 Å². The number of ether oxygens (including phenoxy) is 2. The highest BCUT2D eigenvalue weighted by molar-refractivity contribution is 4.47. The Kier molecular flexibility index (Phi) is 4.17. The Morgan fingerprint density at radius 1 is 1.08 bits per heavy atom. The summed E-state index contributed by atoms with van der Waals surface area (Å²) in [6.45, 7) is 8.24. The van der Waals surface area contributed by atoms with Crippen molar-refractivity contribution in [1.82, 2.24) is 0 Å². The van der Waals surface area contributed by atoms with Gasteiger partial charge in [-0.2, -0.15) is 0 Å². The van der Waals surface area contributed by atoms with Crippen LogP contribution in [-0.4, -0.2) is 44.8 Å². The number of hydrogen-bond donors (Lipinski definition) is 0. The first-order valence-corrected chi connectivity index (χ1v) is 4.44. The highest BCUT2D eigenvalue weighted by Gasteiger charge is 2.42. The van der Waals surface area contributed by atoms with Gasteiger partial charge in [-0.15, -0.1) is 0 Å². The van der Waals surface area contributed by atoms with E-state index in [-0.39, 0.29) is 0 Å². The maximum absolute atomic E-state index is 5.38. The summed E-state index contributed by atoms with van der Waals surface area (Å²) in [5.41, 5.74) is 0. The van der Waals surface area contributed by atoms with Gasteiger partial charge in [-0.1, -0.05) is 0 Å². The van der Waals surface area contributed by atoms with Crippen molar-refractivity contribution < 1.29 is 14.0 Å². The lowest BCUT2D eigenvalue weighted by atomic mass is 10.3. The van der Waals surface area contributed by atoms with Crippen molar-refractivity contribution >= 4 is 0 Å². The zero-order valence-corrected chi connectivity index (χ0v) is 9.18. The Morgan fingerprint density at radius 2 is 1.42 bits per heavy atom. The van der Waals surface area contributed by atoms with Crippen LogP contribution in [0.1, 0.15) is 20.8 Å². The second-order valence-corrected chi connectivity index (χ2v) is 3.33. The molecule has 0 rings (SSSR count). The van der Waals surface area contributed by atoms with E-state index in [2.05, 4.69) is 20.9 Å². The lowest BCUT2D eigenvalue weighted by molar-refractivity contribution is -1.00. The maximum atomic E-state index is 5.38. The van der Waals surface area contributed by atoms with Crippen LogP contribution in [-0.2, 0) is 9.47 Å². The second kappa shape index (κ2) is 4.21. The molecular weight excluding hydrogens is 154 g/mol. The Morgan fingerprint density at radius 3 is 1.50 bits per heavy atom. The second-order valence-electron chi connectivity index (χ2n) is 3.33. The van der Waals surface area contributed by atoms with Crippen molar-refractivity contribution in [2.45, 2.75) is 26.7 Å². The summed E-state index contributed by atoms with van der Waals surface area (Å²) in [5, 5.41) is 0. The molecule has 3 heteroatoms. The van der Waals surface area contributed by atoms with Crippen LogP contribution in [0.2, 0.25) is 0 Å². The van der Waals surface area contributed by atoms with Gasteiger partial charge in [0.1, 0.15) is 0 Å². The van der Waals surface area contributed by atoms with Gasteiger partial charge in [-0.3, -0.25) is 4.48 Å². The Labute approximate surface area is 75.9 Å². The molecule has 0 heterocycles. The third-order valence-corrected chi connectivity index (χ3v) is 3.13. The maximum Gasteiger partial charge on any atom is 0.315 e. The Balaban J connectivity index is 4.66. The third-order valence-electron chi connectivity index (χ3n) is 3.13. The average Bonchev–Trinajstić information content (AvgIpc) is 2.15. The summed E-state index contributed by atoms with van der Waals surface area (Å²) in [6.07, 6.45) is 0. The number of rotatable bonds is 5. The Bertz CT molecular complexity index is 112. The molecule has 0 aliphatic heterocycles. The fraction of sp³-hybridized carbons (Fsp3) is 1.00. The van der Waals surface area contributed by atoms with Crippen LogP contribution in [0.25, 0.3) is 0 Å². The first-order valence-electron chi connectivity index (χ1n) is 4.44. The molecule has 0 radical (unpaired) electrons. The van der Waals surface area contributed by atoms with Gasteiger partial charge in [0, 0.05) is 21.1 Å². The molecule has 0 spiro atoms. The molecule has 0 saturated carbocycles. The van der Waals surface area contributed by atoms with Crippen LogP contribution < -0.4 is 0 Å². The zero-order chi connectivity index (χ0) is 9.83. The summed E-state index contributed by atoms with van der Waals surface area (Å²) in [5.74, 6) is -0.524. The highest BCUT2D eigenvalue weighted by atomic mass is 16.7. The van der Waals surface area contributed by atoms with Crippen LogP contribution in [0.15, 0.2) is 0 Å². The smallest absolute Gasteiger partial charge is 0.307 e. The molecule has 0 aromatic carbocycles. The SMILES string of the molecule is CC[N+](C)(CC)C(C)(OC)OC. The number of methoxy groups -OCH3 is 2. The molecule has 0 unspecified atom stereocenters. The van der Waals surface area contributed by atoms with Crippen molar-refractivity contribution in [3.63, 3.8) is 0 Å². The van der Waals surface area contributed by atoms with E-state index in [0.29, 0.717) is 0 Å². The normalized spacial score (nSPS) is 13.5. The fourth-order valence-corrected chi connectivity index (χ4v) is 1.32. The van der Waals surface area contributed by atoms with E-state index >= 15 is 0 Å². The van der Waals surface area contributed by atoms with Crippen LogP contribution in [0.5, 0.6) is 0 Å². The van der Waals surface area contributed by atoms with E-state index in [1.165, 1.54) is 0 Å². The topological polar surface area (TPSA) is 18.5 Å². The summed E-state index contributed by atoms with van der Waals surface area (Å²) in [7, 11) is 5.50. The molecule has 12 heavy (non-hydrogen) atoms. The van der Waals surface area contributed by atoms with E-state index in [9.17, 15) is 0 Å². The van der Waals surface area contributed by atoms with Gasteiger partial charge >= 0.3 is 5.91 Å². The molecule has 0 saturated heterocycles.